The molecule has 0 aliphatic carbocycles. The first-order valence-corrected chi connectivity index (χ1v) is 9.40. The van der Waals surface area contributed by atoms with Gasteiger partial charge in [0.2, 0.25) is 0 Å². The van der Waals surface area contributed by atoms with Gasteiger partial charge in [-0.1, -0.05) is 24.2 Å². The molecule has 7 nitrogen and oxygen atoms in total. The van der Waals surface area contributed by atoms with Crippen LogP contribution in [-0.2, 0) is 13.2 Å². The molecule has 0 saturated heterocycles. The number of ether oxygens (including phenoxy) is 1. The fourth-order valence-electron chi connectivity index (χ4n) is 2.95. The second-order valence-corrected chi connectivity index (χ2v) is 6.90. The Morgan fingerprint density at radius 2 is 2.04 bits per heavy atom. The first kappa shape index (κ1) is 19.7. The summed E-state index contributed by atoms with van der Waals surface area (Å²) in [5.41, 5.74) is 4.05. The summed E-state index contributed by atoms with van der Waals surface area (Å²) in [5.74, 6) is 1.47. The number of carbonyl (C=O) groups excluding carboxylic acids is 1. The minimum atomic E-state index is -0.363. The molecule has 2 heterocycles. The largest absolute Gasteiger partial charge is 0.488 e. The van der Waals surface area contributed by atoms with Gasteiger partial charge in [-0.3, -0.25) is 9.48 Å². The van der Waals surface area contributed by atoms with Crippen LogP contribution in [0.4, 0.5) is 5.82 Å². The predicted molar refractivity (Wildman–Crippen MR) is 107 cm³/mol. The highest BCUT2D eigenvalue weighted by Crippen LogP contribution is 2.24. The Hall–Kier alpha value is -3.09. The molecule has 0 fully saturated rings. The number of hydrogen-bond donors (Lipinski definition) is 1. The lowest BCUT2D eigenvalue weighted by Gasteiger charge is -2.11. The van der Waals surface area contributed by atoms with E-state index in [2.05, 4.69) is 22.5 Å². The molecule has 7 heteroatoms. The van der Waals surface area contributed by atoms with E-state index in [1.165, 1.54) is 0 Å². The third kappa shape index (κ3) is 4.08. The summed E-state index contributed by atoms with van der Waals surface area (Å²) in [7, 11) is 0. The van der Waals surface area contributed by atoms with Crippen molar-refractivity contribution in [2.45, 2.75) is 54.2 Å². The number of amides is 1. The zero-order valence-corrected chi connectivity index (χ0v) is 17.0. The second kappa shape index (κ2) is 8.29. The van der Waals surface area contributed by atoms with Gasteiger partial charge >= 0.3 is 0 Å². The molecule has 2 aromatic heterocycles. The molecule has 0 aliphatic heterocycles. The van der Waals surface area contributed by atoms with E-state index in [0.717, 1.165) is 35.5 Å². The molecule has 1 amide bonds. The van der Waals surface area contributed by atoms with Gasteiger partial charge < -0.3 is 14.6 Å². The zero-order valence-electron chi connectivity index (χ0n) is 17.0. The molecule has 0 saturated carbocycles. The summed E-state index contributed by atoms with van der Waals surface area (Å²) in [6, 6.07) is 7.73. The van der Waals surface area contributed by atoms with Crippen LogP contribution in [0, 0.1) is 27.7 Å². The van der Waals surface area contributed by atoms with Crippen LogP contribution in [0.2, 0.25) is 0 Å². The highest BCUT2D eigenvalue weighted by atomic mass is 16.5. The van der Waals surface area contributed by atoms with E-state index in [0.29, 0.717) is 17.1 Å². The van der Waals surface area contributed by atoms with Crippen LogP contribution in [0.3, 0.4) is 0 Å². The van der Waals surface area contributed by atoms with Gasteiger partial charge in [-0.15, -0.1) is 0 Å². The molecule has 0 spiro atoms. The Bertz CT molecular complexity index is 988. The molecule has 0 bridgehead atoms. The number of benzene rings is 1. The number of aromatic nitrogens is 3. The molecular weight excluding hydrogens is 356 g/mol. The van der Waals surface area contributed by atoms with Crippen molar-refractivity contribution < 1.29 is 14.1 Å². The number of aryl methyl sites for hydroxylation is 4. The molecule has 0 unspecified atom stereocenters. The smallest absolute Gasteiger partial charge is 0.279 e. The molecule has 0 aliphatic rings. The fraction of sp³-hybridized carbons (Fsp3) is 0.381. The van der Waals surface area contributed by atoms with Gasteiger partial charge in [-0.25, -0.2) is 0 Å². The Morgan fingerprint density at radius 3 is 2.79 bits per heavy atom. The maximum Gasteiger partial charge on any atom is 0.279 e. The maximum atomic E-state index is 12.7. The molecular formula is C21H26N4O3. The van der Waals surface area contributed by atoms with Crippen LogP contribution in [0.25, 0.3) is 0 Å². The SMILES string of the molecule is CCCn1nc(NC(=O)c2noc(C)c2COc2cccc(C)c2C)cc1C. The van der Waals surface area contributed by atoms with Crippen molar-refractivity contribution in [3.05, 3.63) is 58.1 Å². The third-order valence-corrected chi connectivity index (χ3v) is 4.78. The van der Waals surface area contributed by atoms with Gasteiger partial charge in [0.25, 0.3) is 5.91 Å². The summed E-state index contributed by atoms with van der Waals surface area (Å²) in [6.07, 6.45) is 0.970. The number of anilines is 1. The minimum Gasteiger partial charge on any atom is -0.488 e. The van der Waals surface area contributed by atoms with Crippen LogP contribution in [-0.4, -0.2) is 20.8 Å². The standard InChI is InChI=1S/C21H26N4O3/c1-6-10-25-14(3)11-19(23-25)22-21(26)20-17(16(5)28-24-20)12-27-18-9-7-8-13(2)15(18)4/h7-9,11H,6,10,12H2,1-5H3,(H,22,23,26). The zero-order chi connectivity index (χ0) is 20.3. The van der Waals surface area contributed by atoms with Crippen LogP contribution < -0.4 is 10.1 Å². The summed E-state index contributed by atoms with van der Waals surface area (Å²) >= 11 is 0. The summed E-state index contributed by atoms with van der Waals surface area (Å²) in [4.78, 5) is 12.7. The average Bonchev–Trinajstić information content (AvgIpc) is 3.19. The molecule has 0 radical (unpaired) electrons. The van der Waals surface area contributed by atoms with E-state index < -0.39 is 0 Å². The lowest BCUT2D eigenvalue weighted by molar-refractivity contribution is 0.101. The van der Waals surface area contributed by atoms with E-state index in [1.54, 1.807) is 6.92 Å². The summed E-state index contributed by atoms with van der Waals surface area (Å²) in [5, 5.41) is 11.1. The van der Waals surface area contributed by atoms with Crippen molar-refractivity contribution in [3.8, 4) is 5.75 Å². The highest BCUT2D eigenvalue weighted by Gasteiger charge is 2.22. The predicted octanol–water partition coefficient (Wildman–Crippen LogP) is 4.35. The molecule has 0 atom stereocenters. The number of rotatable bonds is 7. The lowest BCUT2D eigenvalue weighted by atomic mass is 10.1. The normalized spacial score (nSPS) is 10.9. The van der Waals surface area contributed by atoms with Crippen LogP contribution in [0.5, 0.6) is 5.75 Å². The van der Waals surface area contributed by atoms with Crippen molar-refractivity contribution in [2.75, 3.05) is 5.32 Å². The third-order valence-electron chi connectivity index (χ3n) is 4.78. The van der Waals surface area contributed by atoms with E-state index in [1.807, 2.05) is 49.7 Å². The van der Waals surface area contributed by atoms with E-state index in [-0.39, 0.29) is 18.2 Å². The monoisotopic (exact) mass is 382 g/mol. The molecule has 1 aromatic carbocycles. The Morgan fingerprint density at radius 1 is 1.25 bits per heavy atom. The van der Waals surface area contributed by atoms with Crippen molar-refractivity contribution in [3.63, 3.8) is 0 Å². The number of nitrogens with zero attached hydrogens (tertiary/aromatic N) is 3. The fourth-order valence-corrected chi connectivity index (χ4v) is 2.95. The number of carbonyl (C=O) groups is 1. The Balaban J connectivity index is 1.75. The number of nitrogens with one attached hydrogen (secondary N) is 1. The first-order valence-electron chi connectivity index (χ1n) is 9.40. The van der Waals surface area contributed by atoms with Gasteiger partial charge in [0.1, 0.15) is 18.1 Å². The molecule has 3 rings (SSSR count). The van der Waals surface area contributed by atoms with E-state index in [4.69, 9.17) is 9.26 Å². The molecule has 28 heavy (non-hydrogen) atoms. The minimum absolute atomic E-state index is 0.200. The molecule has 148 valence electrons. The summed E-state index contributed by atoms with van der Waals surface area (Å²) < 4.78 is 13.1. The van der Waals surface area contributed by atoms with E-state index in [9.17, 15) is 4.79 Å². The van der Waals surface area contributed by atoms with Crippen LogP contribution in [0.1, 0.15) is 52.0 Å². The average molecular weight is 382 g/mol. The summed E-state index contributed by atoms with van der Waals surface area (Å²) in [6.45, 7) is 10.9. The topological polar surface area (TPSA) is 82.2 Å². The second-order valence-electron chi connectivity index (χ2n) is 6.90. The van der Waals surface area contributed by atoms with Crippen molar-refractivity contribution in [1.29, 1.82) is 0 Å². The first-order chi connectivity index (χ1) is 13.4. The van der Waals surface area contributed by atoms with Gasteiger partial charge in [-0.05, 0) is 51.3 Å². The highest BCUT2D eigenvalue weighted by molar-refractivity contribution is 6.03. The molecule has 1 N–H and O–H groups in total. The Labute approximate surface area is 164 Å². The van der Waals surface area contributed by atoms with Crippen LogP contribution >= 0.6 is 0 Å². The van der Waals surface area contributed by atoms with Crippen molar-refractivity contribution in [1.82, 2.24) is 14.9 Å². The molecule has 3 aromatic rings. The van der Waals surface area contributed by atoms with Gasteiger partial charge in [0, 0.05) is 18.3 Å². The lowest BCUT2D eigenvalue weighted by Crippen LogP contribution is -2.16. The van der Waals surface area contributed by atoms with Gasteiger partial charge in [0.15, 0.2) is 11.5 Å². The maximum absolute atomic E-state index is 12.7. The van der Waals surface area contributed by atoms with Crippen LogP contribution in [0.15, 0.2) is 28.8 Å². The van der Waals surface area contributed by atoms with Gasteiger partial charge in [0.05, 0.1) is 5.56 Å². The van der Waals surface area contributed by atoms with E-state index >= 15 is 0 Å². The quantitative estimate of drug-likeness (QED) is 0.657. The van der Waals surface area contributed by atoms with Crippen molar-refractivity contribution >= 4 is 11.7 Å². The number of hydrogen-bond acceptors (Lipinski definition) is 5. The Kier molecular flexibility index (Phi) is 5.82. The van der Waals surface area contributed by atoms with Gasteiger partial charge in [-0.2, -0.15) is 5.10 Å². The van der Waals surface area contributed by atoms with Crippen molar-refractivity contribution in [2.24, 2.45) is 0 Å².